The zero-order valence-electron chi connectivity index (χ0n) is 16.8. The van der Waals surface area contributed by atoms with Crippen molar-refractivity contribution in [2.24, 2.45) is 0 Å². The van der Waals surface area contributed by atoms with Gasteiger partial charge in [0.2, 0.25) is 0 Å². The average molecular weight is 456 g/mol. The Bertz CT molecular complexity index is 958. The predicted octanol–water partition coefficient (Wildman–Crippen LogP) is 2.10. The molecule has 2 aromatic rings. The molecule has 4 rings (SSSR count). The molecule has 2 fully saturated rings. The van der Waals surface area contributed by atoms with E-state index in [-0.39, 0.29) is 30.5 Å². The lowest BCUT2D eigenvalue weighted by Gasteiger charge is -2.34. The number of nitrogens with zero attached hydrogens (tertiary/aromatic N) is 5. The summed E-state index contributed by atoms with van der Waals surface area (Å²) in [7, 11) is 0. The van der Waals surface area contributed by atoms with Gasteiger partial charge < -0.3 is 15.0 Å². The predicted molar refractivity (Wildman–Crippen MR) is 103 cm³/mol. The third-order valence-electron chi connectivity index (χ3n) is 5.49. The molecule has 2 aliphatic rings. The second-order valence-corrected chi connectivity index (χ2v) is 7.52. The van der Waals surface area contributed by atoms with Gasteiger partial charge in [0.1, 0.15) is 11.8 Å². The lowest BCUT2D eigenvalue weighted by Crippen LogP contribution is -2.37. The molecule has 2 aliphatic heterocycles. The normalized spacial score (nSPS) is 19.5. The molecule has 172 valence electrons. The molecule has 1 aromatic heterocycles. The van der Waals surface area contributed by atoms with Crippen LogP contribution in [0.2, 0.25) is 0 Å². The molecular formula is C19H20F4N6O3. The maximum Gasteiger partial charge on any atom is 0.414 e. The highest BCUT2D eigenvalue weighted by Gasteiger charge is 2.34. The summed E-state index contributed by atoms with van der Waals surface area (Å²) in [6.45, 7) is 0.337. The van der Waals surface area contributed by atoms with Gasteiger partial charge in [0.15, 0.2) is 11.6 Å². The summed E-state index contributed by atoms with van der Waals surface area (Å²) in [4.78, 5) is 25.7. The van der Waals surface area contributed by atoms with Crippen molar-refractivity contribution in [1.29, 1.82) is 0 Å². The fourth-order valence-electron chi connectivity index (χ4n) is 3.91. The number of halogens is 4. The second-order valence-electron chi connectivity index (χ2n) is 7.52. The number of aromatic nitrogens is 3. The number of hydrogen-bond donors (Lipinski definition) is 1. The average Bonchev–Trinajstić information content (AvgIpc) is 3.42. The van der Waals surface area contributed by atoms with Crippen LogP contribution in [0.4, 0.5) is 33.7 Å². The van der Waals surface area contributed by atoms with Crippen LogP contribution in [0.1, 0.15) is 18.9 Å². The first-order valence-corrected chi connectivity index (χ1v) is 9.97. The third-order valence-corrected chi connectivity index (χ3v) is 5.49. The SMILES string of the molecule is O=C(NC[C@H]1CN(c2cc(F)c(N3CCC(n4ccnn4)CC3)c(F)c2)C(=O)O1)C(F)F. The summed E-state index contributed by atoms with van der Waals surface area (Å²) in [5.41, 5.74) is -0.243. The zero-order chi connectivity index (χ0) is 22.8. The van der Waals surface area contributed by atoms with Gasteiger partial charge in [0.05, 0.1) is 31.0 Å². The fourth-order valence-corrected chi connectivity index (χ4v) is 3.91. The van der Waals surface area contributed by atoms with Gasteiger partial charge in [0.25, 0.3) is 5.91 Å². The molecule has 0 bridgehead atoms. The molecule has 2 saturated heterocycles. The minimum Gasteiger partial charge on any atom is -0.442 e. The van der Waals surface area contributed by atoms with E-state index < -0.39 is 36.2 Å². The number of rotatable bonds is 6. The molecule has 0 radical (unpaired) electrons. The van der Waals surface area contributed by atoms with E-state index in [9.17, 15) is 27.2 Å². The first-order valence-electron chi connectivity index (χ1n) is 9.97. The lowest BCUT2D eigenvalue weighted by molar-refractivity contribution is -0.132. The minimum atomic E-state index is -3.19. The van der Waals surface area contributed by atoms with Gasteiger partial charge in [-0.25, -0.2) is 18.3 Å². The van der Waals surface area contributed by atoms with Crippen molar-refractivity contribution in [3.63, 3.8) is 0 Å². The fraction of sp³-hybridized carbons (Fsp3) is 0.474. The Hall–Kier alpha value is -3.38. The lowest BCUT2D eigenvalue weighted by atomic mass is 10.0. The van der Waals surface area contributed by atoms with Gasteiger partial charge >= 0.3 is 12.5 Å². The highest BCUT2D eigenvalue weighted by molar-refractivity contribution is 5.90. The Morgan fingerprint density at radius 2 is 1.91 bits per heavy atom. The van der Waals surface area contributed by atoms with Gasteiger partial charge in [0, 0.05) is 31.4 Å². The van der Waals surface area contributed by atoms with Crippen molar-refractivity contribution in [2.75, 3.05) is 36.0 Å². The number of carbonyl (C=O) groups excluding carboxylic acids is 2. The Kier molecular flexibility index (Phi) is 6.15. The molecule has 1 N–H and O–H groups in total. The van der Waals surface area contributed by atoms with Gasteiger partial charge in [-0.05, 0) is 12.8 Å². The number of amides is 2. The third kappa shape index (κ3) is 4.46. The molecule has 0 aliphatic carbocycles. The molecule has 0 spiro atoms. The molecule has 9 nitrogen and oxygen atoms in total. The van der Waals surface area contributed by atoms with Crippen LogP contribution in [0.3, 0.4) is 0 Å². The Balaban J connectivity index is 1.42. The molecule has 13 heteroatoms. The van der Waals surface area contributed by atoms with Crippen LogP contribution in [0, 0.1) is 11.6 Å². The smallest absolute Gasteiger partial charge is 0.414 e. The van der Waals surface area contributed by atoms with Crippen molar-refractivity contribution in [2.45, 2.75) is 31.4 Å². The van der Waals surface area contributed by atoms with E-state index in [1.54, 1.807) is 22.0 Å². The van der Waals surface area contributed by atoms with Crippen molar-refractivity contribution in [1.82, 2.24) is 20.3 Å². The molecule has 3 heterocycles. The number of cyclic esters (lactones) is 1. The Labute approximate surface area is 179 Å². The Morgan fingerprint density at radius 1 is 1.22 bits per heavy atom. The van der Waals surface area contributed by atoms with Crippen LogP contribution in [-0.2, 0) is 9.53 Å². The number of benzene rings is 1. The molecule has 1 atom stereocenters. The highest BCUT2D eigenvalue weighted by atomic mass is 19.3. The molecule has 0 unspecified atom stereocenters. The maximum absolute atomic E-state index is 14.9. The molecule has 32 heavy (non-hydrogen) atoms. The Morgan fingerprint density at radius 3 is 2.50 bits per heavy atom. The number of nitrogens with one attached hydrogen (secondary N) is 1. The van der Waals surface area contributed by atoms with Crippen LogP contribution < -0.4 is 15.1 Å². The first-order chi connectivity index (χ1) is 15.3. The van der Waals surface area contributed by atoms with Gasteiger partial charge in [-0.3, -0.25) is 9.69 Å². The summed E-state index contributed by atoms with van der Waals surface area (Å²) < 4.78 is 61.0. The standard InChI is InChI=1S/C19H20F4N6O3/c20-14-7-12(28-10-13(32-19(28)31)9-24-18(30)17(22)23)8-15(21)16(14)27-4-1-11(2-5-27)29-6-3-25-26-29/h3,6-8,11,13,17H,1-2,4-5,9-10H2,(H,24,30)/t13-/m0/s1. The van der Waals surface area contributed by atoms with Crippen LogP contribution in [0.5, 0.6) is 0 Å². The largest absolute Gasteiger partial charge is 0.442 e. The van der Waals surface area contributed by atoms with E-state index in [0.29, 0.717) is 25.9 Å². The van der Waals surface area contributed by atoms with E-state index >= 15 is 0 Å². The van der Waals surface area contributed by atoms with Crippen LogP contribution in [-0.4, -0.2) is 65.7 Å². The van der Waals surface area contributed by atoms with E-state index in [2.05, 4.69) is 10.3 Å². The van der Waals surface area contributed by atoms with E-state index in [1.165, 1.54) is 0 Å². The summed E-state index contributed by atoms with van der Waals surface area (Å²) in [6, 6.07) is 2.16. The summed E-state index contributed by atoms with van der Waals surface area (Å²) in [5.74, 6) is -3.16. The number of hydrogen-bond acceptors (Lipinski definition) is 6. The number of carbonyl (C=O) groups is 2. The number of alkyl halides is 2. The quantitative estimate of drug-likeness (QED) is 0.670. The van der Waals surface area contributed by atoms with Crippen LogP contribution >= 0.6 is 0 Å². The van der Waals surface area contributed by atoms with Crippen molar-refractivity contribution in [3.8, 4) is 0 Å². The van der Waals surface area contributed by atoms with Gasteiger partial charge in [-0.15, -0.1) is 5.10 Å². The van der Waals surface area contributed by atoms with Gasteiger partial charge in [-0.1, -0.05) is 5.21 Å². The summed E-state index contributed by atoms with van der Waals surface area (Å²) in [5, 5.41) is 9.68. The van der Waals surface area contributed by atoms with E-state index in [4.69, 9.17) is 4.74 Å². The van der Waals surface area contributed by atoms with Crippen LogP contribution in [0.25, 0.3) is 0 Å². The molecule has 1 aromatic carbocycles. The van der Waals surface area contributed by atoms with Crippen LogP contribution in [0.15, 0.2) is 24.5 Å². The minimum absolute atomic E-state index is 0.0612. The maximum atomic E-state index is 14.9. The summed E-state index contributed by atoms with van der Waals surface area (Å²) in [6.07, 6.45) is -0.417. The molecular weight excluding hydrogens is 436 g/mol. The highest BCUT2D eigenvalue weighted by Crippen LogP contribution is 2.33. The van der Waals surface area contributed by atoms with Gasteiger partial charge in [-0.2, -0.15) is 8.78 Å². The monoisotopic (exact) mass is 456 g/mol. The molecule has 0 saturated carbocycles. The topological polar surface area (TPSA) is 92.6 Å². The van der Waals surface area contributed by atoms with E-state index in [1.807, 2.05) is 5.32 Å². The first kappa shape index (κ1) is 21.8. The number of anilines is 2. The van der Waals surface area contributed by atoms with Crippen molar-refractivity contribution in [3.05, 3.63) is 36.2 Å². The molecule has 2 amide bonds. The zero-order valence-corrected chi connectivity index (χ0v) is 16.8. The van der Waals surface area contributed by atoms with Crippen molar-refractivity contribution >= 4 is 23.4 Å². The summed E-state index contributed by atoms with van der Waals surface area (Å²) >= 11 is 0. The number of piperidine rings is 1. The second kappa shape index (κ2) is 9.01. The number of ether oxygens (including phenoxy) is 1. The van der Waals surface area contributed by atoms with E-state index in [0.717, 1.165) is 17.0 Å². The van der Waals surface area contributed by atoms with Crippen molar-refractivity contribution < 1.29 is 31.9 Å².